The average molecular weight is 114 g/mol. The molecular formula is C6H17BN. The molecule has 0 spiro atoms. The zero-order chi connectivity index (χ0) is 5.70. The number of nitrogens with zero attached hydrogens (tertiary/aromatic N) is 1. The lowest BCUT2D eigenvalue weighted by Gasteiger charge is -2.13. The Morgan fingerprint density at radius 1 is 1.00 bits per heavy atom. The van der Waals surface area contributed by atoms with Crippen LogP contribution in [0.2, 0.25) is 0 Å². The van der Waals surface area contributed by atoms with Gasteiger partial charge in [0.25, 0.3) is 0 Å². The second-order valence-corrected chi connectivity index (χ2v) is 1.62. The lowest BCUT2D eigenvalue weighted by atomic mass is 10.5. The van der Waals surface area contributed by atoms with Gasteiger partial charge in [-0.3, -0.25) is 0 Å². The molecule has 1 nitrogen and oxygen atoms in total. The Morgan fingerprint density at radius 3 is 1.25 bits per heavy atom. The monoisotopic (exact) mass is 114 g/mol. The summed E-state index contributed by atoms with van der Waals surface area (Å²) in [4.78, 5) is 2.38. The van der Waals surface area contributed by atoms with E-state index in [0.29, 0.717) is 0 Å². The largest absolute Gasteiger partial charge is 0.304 e. The molecule has 0 rings (SSSR count). The van der Waals surface area contributed by atoms with Crippen molar-refractivity contribution in [2.45, 2.75) is 20.8 Å². The van der Waals surface area contributed by atoms with Crippen molar-refractivity contribution >= 4 is 8.41 Å². The average Bonchev–Trinajstić information content (AvgIpc) is 1.72. The van der Waals surface area contributed by atoms with E-state index in [1.807, 2.05) is 0 Å². The summed E-state index contributed by atoms with van der Waals surface area (Å²) in [5.74, 6) is 0. The maximum atomic E-state index is 2.38. The molecule has 0 aliphatic carbocycles. The van der Waals surface area contributed by atoms with Crippen molar-refractivity contribution in [2.24, 2.45) is 0 Å². The van der Waals surface area contributed by atoms with Crippen LogP contribution in [0.15, 0.2) is 0 Å². The molecule has 8 heavy (non-hydrogen) atoms. The van der Waals surface area contributed by atoms with Crippen LogP contribution >= 0.6 is 0 Å². The maximum Gasteiger partial charge on any atom is 0 e. The van der Waals surface area contributed by atoms with Crippen molar-refractivity contribution < 1.29 is 1.43 Å². The van der Waals surface area contributed by atoms with E-state index in [4.69, 9.17) is 0 Å². The molecule has 0 aliphatic heterocycles. The molecule has 0 aliphatic rings. The first-order chi connectivity index (χ1) is 3.35. The first-order valence-electron chi connectivity index (χ1n) is 3.07. The molecule has 0 amide bonds. The van der Waals surface area contributed by atoms with Gasteiger partial charge >= 0.3 is 0 Å². The fourth-order valence-corrected chi connectivity index (χ4v) is 0.671. The van der Waals surface area contributed by atoms with Gasteiger partial charge in [0.05, 0.1) is 0 Å². The fourth-order valence-electron chi connectivity index (χ4n) is 0.671. The SMILES string of the molecule is CCN(CC)CC.[B].[HH]. The van der Waals surface area contributed by atoms with Crippen LogP contribution in [0.5, 0.6) is 0 Å². The molecule has 0 heterocycles. The Labute approximate surface area is 56.1 Å². The highest BCUT2D eigenvalue weighted by Gasteiger charge is 1.89. The van der Waals surface area contributed by atoms with E-state index in [1.165, 1.54) is 19.6 Å². The van der Waals surface area contributed by atoms with E-state index in [-0.39, 0.29) is 9.84 Å². The first kappa shape index (κ1) is 10.9. The molecule has 0 bridgehead atoms. The highest BCUT2D eigenvalue weighted by Crippen LogP contribution is 1.81. The summed E-state index contributed by atoms with van der Waals surface area (Å²) in [6.07, 6.45) is 0. The van der Waals surface area contributed by atoms with E-state index in [0.717, 1.165) is 0 Å². The van der Waals surface area contributed by atoms with Crippen molar-refractivity contribution in [1.82, 2.24) is 4.90 Å². The van der Waals surface area contributed by atoms with E-state index >= 15 is 0 Å². The van der Waals surface area contributed by atoms with Crippen LogP contribution in [0.3, 0.4) is 0 Å². The molecule has 0 atom stereocenters. The van der Waals surface area contributed by atoms with Crippen LogP contribution in [-0.2, 0) is 0 Å². The summed E-state index contributed by atoms with van der Waals surface area (Å²) in [5, 5.41) is 0. The lowest BCUT2D eigenvalue weighted by molar-refractivity contribution is 0.321. The smallest absolute Gasteiger partial charge is 0 e. The van der Waals surface area contributed by atoms with Gasteiger partial charge in [-0.1, -0.05) is 20.8 Å². The van der Waals surface area contributed by atoms with Crippen LogP contribution in [0.25, 0.3) is 0 Å². The van der Waals surface area contributed by atoms with Crippen LogP contribution in [0.1, 0.15) is 22.2 Å². The van der Waals surface area contributed by atoms with E-state index in [9.17, 15) is 0 Å². The van der Waals surface area contributed by atoms with Gasteiger partial charge in [-0.25, -0.2) is 0 Å². The summed E-state index contributed by atoms with van der Waals surface area (Å²) in [6.45, 7) is 10.1. The minimum absolute atomic E-state index is 0. The minimum Gasteiger partial charge on any atom is -0.304 e. The predicted molar refractivity (Wildman–Crippen MR) is 41.3 cm³/mol. The standard InChI is InChI=1S/C6H15N.B.H2/c1-4-7(5-2)6-3;;/h4-6H2,1-3H3;;1H. The first-order valence-corrected chi connectivity index (χ1v) is 3.07. The van der Waals surface area contributed by atoms with E-state index in [2.05, 4.69) is 25.7 Å². The highest BCUT2D eigenvalue weighted by molar-refractivity contribution is 5.75. The molecule has 2 heteroatoms. The Balaban J connectivity index is -0.000000180. The molecule has 0 aromatic rings. The highest BCUT2D eigenvalue weighted by atomic mass is 15.1. The third-order valence-electron chi connectivity index (χ3n) is 1.34. The molecule has 0 unspecified atom stereocenters. The van der Waals surface area contributed by atoms with Crippen molar-refractivity contribution in [3.05, 3.63) is 0 Å². The van der Waals surface area contributed by atoms with Crippen molar-refractivity contribution in [3.8, 4) is 0 Å². The van der Waals surface area contributed by atoms with Crippen LogP contribution < -0.4 is 0 Å². The van der Waals surface area contributed by atoms with E-state index < -0.39 is 0 Å². The molecule has 0 saturated heterocycles. The third-order valence-corrected chi connectivity index (χ3v) is 1.34. The topological polar surface area (TPSA) is 3.24 Å². The van der Waals surface area contributed by atoms with Gasteiger partial charge < -0.3 is 4.90 Å². The fraction of sp³-hybridized carbons (Fsp3) is 1.00. The van der Waals surface area contributed by atoms with Gasteiger partial charge in [-0.2, -0.15) is 0 Å². The summed E-state index contributed by atoms with van der Waals surface area (Å²) < 4.78 is 0. The number of rotatable bonds is 3. The molecular weight excluding hydrogens is 96.9 g/mol. The number of hydrogen-bond donors (Lipinski definition) is 0. The number of hydrogen-bond acceptors (Lipinski definition) is 1. The molecule has 0 N–H and O–H groups in total. The van der Waals surface area contributed by atoms with Gasteiger partial charge in [0.2, 0.25) is 0 Å². The lowest BCUT2D eigenvalue weighted by Crippen LogP contribution is -2.21. The second kappa shape index (κ2) is 7.02. The summed E-state index contributed by atoms with van der Waals surface area (Å²) in [5.41, 5.74) is 0. The van der Waals surface area contributed by atoms with Gasteiger partial charge in [-0.05, 0) is 19.6 Å². The van der Waals surface area contributed by atoms with Gasteiger partial charge in [0.15, 0.2) is 0 Å². The normalized spacial score (nSPS) is 9.00. The zero-order valence-corrected chi connectivity index (χ0v) is 6.15. The summed E-state index contributed by atoms with van der Waals surface area (Å²) >= 11 is 0. The molecule has 49 valence electrons. The molecule has 3 radical (unpaired) electrons. The summed E-state index contributed by atoms with van der Waals surface area (Å²) in [6, 6.07) is 0. The maximum absolute atomic E-state index is 2.38. The Hall–Kier alpha value is 0.0249. The third kappa shape index (κ3) is 4.19. The Bertz CT molecular complexity index is 34.5. The molecule has 0 fully saturated rings. The van der Waals surface area contributed by atoms with Crippen molar-refractivity contribution in [2.75, 3.05) is 19.6 Å². The van der Waals surface area contributed by atoms with Crippen LogP contribution in [0.4, 0.5) is 0 Å². The van der Waals surface area contributed by atoms with Crippen LogP contribution in [0, 0.1) is 0 Å². The summed E-state index contributed by atoms with van der Waals surface area (Å²) in [7, 11) is 0. The quantitative estimate of drug-likeness (QED) is 0.498. The van der Waals surface area contributed by atoms with Crippen molar-refractivity contribution in [3.63, 3.8) is 0 Å². The Morgan fingerprint density at radius 2 is 1.25 bits per heavy atom. The van der Waals surface area contributed by atoms with Crippen LogP contribution in [-0.4, -0.2) is 32.9 Å². The second-order valence-electron chi connectivity index (χ2n) is 1.62. The molecule has 0 aromatic carbocycles. The minimum atomic E-state index is 0. The van der Waals surface area contributed by atoms with E-state index in [1.54, 1.807) is 0 Å². The van der Waals surface area contributed by atoms with Gasteiger partial charge in [0, 0.05) is 9.84 Å². The molecule has 0 aromatic heterocycles. The molecule has 0 saturated carbocycles. The zero-order valence-electron chi connectivity index (χ0n) is 6.15. The Kier molecular flexibility index (Phi) is 9.58. The van der Waals surface area contributed by atoms with Gasteiger partial charge in [0.1, 0.15) is 0 Å². The predicted octanol–water partition coefficient (Wildman–Crippen LogP) is 1.21. The van der Waals surface area contributed by atoms with Crippen molar-refractivity contribution in [1.29, 1.82) is 0 Å². The van der Waals surface area contributed by atoms with Gasteiger partial charge in [-0.15, -0.1) is 0 Å².